The van der Waals surface area contributed by atoms with E-state index in [0.717, 1.165) is 12.5 Å². The first-order valence-corrected chi connectivity index (χ1v) is 4.76. The second-order valence-electron chi connectivity index (χ2n) is 3.96. The van der Waals surface area contributed by atoms with Gasteiger partial charge in [-0.15, -0.1) is 0 Å². The van der Waals surface area contributed by atoms with Crippen LogP contribution in [0.1, 0.15) is 19.3 Å². The molecule has 0 heterocycles. The smallest absolute Gasteiger partial charge is 0.321 e. The minimum Gasteiger partial charge on any atom is -0.480 e. The molecule has 76 valence electrons. The summed E-state index contributed by atoms with van der Waals surface area (Å²) in [6, 6.07) is -0.745. The Kier molecular flexibility index (Phi) is 3.69. The topological polar surface area (TPSA) is 66.6 Å². The quantitative estimate of drug-likeness (QED) is 0.640. The molecular formula is C9H18N2O2. The van der Waals surface area contributed by atoms with Crippen LogP contribution in [0.5, 0.6) is 0 Å². The maximum absolute atomic E-state index is 10.5. The van der Waals surface area contributed by atoms with Crippen LogP contribution in [0.15, 0.2) is 0 Å². The van der Waals surface area contributed by atoms with Crippen LogP contribution < -0.4 is 5.73 Å². The van der Waals surface area contributed by atoms with Crippen molar-refractivity contribution in [1.82, 2.24) is 4.90 Å². The van der Waals surface area contributed by atoms with E-state index < -0.39 is 12.0 Å². The molecule has 3 N–H and O–H groups in total. The highest BCUT2D eigenvalue weighted by Crippen LogP contribution is 2.26. The summed E-state index contributed by atoms with van der Waals surface area (Å²) in [6.45, 7) is 1.44. The number of nitrogens with two attached hydrogens (primary N) is 1. The fourth-order valence-electron chi connectivity index (χ4n) is 1.60. The van der Waals surface area contributed by atoms with Gasteiger partial charge in [-0.25, -0.2) is 0 Å². The summed E-state index contributed by atoms with van der Waals surface area (Å²) in [7, 11) is 1.93. The van der Waals surface area contributed by atoms with E-state index in [2.05, 4.69) is 0 Å². The minimum absolute atomic E-state index is 0.450. The van der Waals surface area contributed by atoms with Crippen molar-refractivity contribution in [3.8, 4) is 0 Å². The summed E-state index contributed by atoms with van der Waals surface area (Å²) in [5, 5.41) is 8.58. The number of carboxylic acids is 1. The van der Waals surface area contributed by atoms with E-state index in [1.165, 1.54) is 19.3 Å². The predicted octanol–water partition coefficient (Wildman–Crippen LogP) is 0.130. The van der Waals surface area contributed by atoms with Crippen molar-refractivity contribution in [3.63, 3.8) is 0 Å². The summed E-state index contributed by atoms with van der Waals surface area (Å²) in [5.41, 5.74) is 5.41. The fraction of sp³-hybridized carbons (Fsp3) is 0.889. The summed E-state index contributed by atoms with van der Waals surface area (Å²) in [4.78, 5) is 12.5. The second-order valence-corrected chi connectivity index (χ2v) is 3.96. The highest BCUT2D eigenvalue weighted by Gasteiger charge is 2.21. The number of carboxylic acid groups (broad SMARTS) is 1. The van der Waals surface area contributed by atoms with Crippen molar-refractivity contribution in [2.24, 2.45) is 11.7 Å². The van der Waals surface area contributed by atoms with E-state index in [9.17, 15) is 4.79 Å². The highest BCUT2D eigenvalue weighted by molar-refractivity contribution is 5.73. The van der Waals surface area contributed by atoms with E-state index in [1.54, 1.807) is 0 Å². The van der Waals surface area contributed by atoms with E-state index in [-0.39, 0.29) is 0 Å². The summed E-state index contributed by atoms with van der Waals surface area (Å²) in [6.07, 6.45) is 3.89. The molecule has 4 heteroatoms. The number of rotatable bonds is 5. The molecule has 1 atom stereocenters. The molecule has 1 unspecified atom stereocenters. The molecule has 4 nitrogen and oxygen atoms in total. The van der Waals surface area contributed by atoms with Gasteiger partial charge in [0, 0.05) is 13.1 Å². The zero-order valence-electron chi connectivity index (χ0n) is 8.07. The number of aliphatic carboxylic acids is 1. The van der Waals surface area contributed by atoms with Gasteiger partial charge in [0.15, 0.2) is 0 Å². The van der Waals surface area contributed by atoms with Gasteiger partial charge in [-0.1, -0.05) is 6.42 Å². The van der Waals surface area contributed by atoms with Gasteiger partial charge in [-0.05, 0) is 25.8 Å². The molecule has 1 saturated carbocycles. The molecule has 13 heavy (non-hydrogen) atoms. The standard InChI is InChI=1S/C9H18N2O2/c1-11(5-7-3-2-4-7)6-8(10)9(12)13/h7-8H,2-6,10H2,1H3,(H,12,13). The molecule has 1 aliphatic rings. The Labute approximate surface area is 78.7 Å². The van der Waals surface area contributed by atoms with Crippen molar-refractivity contribution in [2.75, 3.05) is 20.1 Å². The van der Waals surface area contributed by atoms with E-state index >= 15 is 0 Å². The van der Waals surface area contributed by atoms with Crippen LogP contribution >= 0.6 is 0 Å². The van der Waals surface area contributed by atoms with Crippen LogP contribution in [-0.4, -0.2) is 42.2 Å². The van der Waals surface area contributed by atoms with Crippen molar-refractivity contribution in [2.45, 2.75) is 25.3 Å². The van der Waals surface area contributed by atoms with Gasteiger partial charge >= 0.3 is 5.97 Å². The van der Waals surface area contributed by atoms with Gasteiger partial charge in [-0.3, -0.25) is 4.79 Å². The lowest BCUT2D eigenvalue weighted by Gasteiger charge is -2.30. The van der Waals surface area contributed by atoms with Gasteiger partial charge < -0.3 is 15.7 Å². The first-order valence-electron chi connectivity index (χ1n) is 4.76. The van der Waals surface area contributed by atoms with Crippen molar-refractivity contribution >= 4 is 5.97 Å². The molecule has 0 radical (unpaired) electrons. The summed E-state index contributed by atoms with van der Waals surface area (Å²) < 4.78 is 0. The Morgan fingerprint density at radius 1 is 1.69 bits per heavy atom. The molecule has 1 rings (SSSR count). The first-order chi connectivity index (χ1) is 6.09. The molecular weight excluding hydrogens is 168 g/mol. The molecule has 0 aliphatic heterocycles. The number of hydrogen-bond donors (Lipinski definition) is 2. The van der Waals surface area contributed by atoms with Crippen molar-refractivity contribution < 1.29 is 9.90 Å². The molecule has 1 aliphatic carbocycles. The normalized spacial score (nSPS) is 19.9. The molecule has 0 bridgehead atoms. The Morgan fingerprint density at radius 3 is 2.69 bits per heavy atom. The molecule has 0 amide bonds. The zero-order chi connectivity index (χ0) is 9.84. The number of likely N-dealkylation sites (N-methyl/N-ethyl adjacent to an activating group) is 1. The van der Waals surface area contributed by atoms with Crippen molar-refractivity contribution in [1.29, 1.82) is 0 Å². The lowest BCUT2D eigenvalue weighted by atomic mass is 9.85. The van der Waals surface area contributed by atoms with Crippen LogP contribution in [0, 0.1) is 5.92 Å². The second kappa shape index (κ2) is 4.58. The van der Waals surface area contributed by atoms with E-state index in [4.69, 9.17) is 10.8 Å². The van der Waals surface area contributed by atoms with Gasteiger partial charge in [0.2, 0.25) is 0 Å². The summed E-state index contributed by atoms with van der Waals surface area (Å²) in [5.74, 6) is -0.147. The molecule has 0 aromatic carbocycles. The molecule has 0 saturated heterocycles. The van der Waals surface area contributed by atoms with Crippen LogP contribution in [0.2, 0.25) is 0 Å². The lowest BCUT2D eigenvalue weighted by molar-refractivity contribution is -0.138. The maximum atomic E-state index is 10.5. The monoisotopic (exact) mass is 186 g/mol. The Hall–Kier alpha value is -0.610. The SMILES string of the molecule is CN(CC1CCC1)CC(N)C(=O)O. The third-order valence-electron chi connectivity index (χ3n) is 2.62. The first kappa shape index (κ1) is 10.5. The molecule has 0 spiro atoms. The van der Waals surface area contributed by atoms with Gasteiger partial charge in [0.05, 0.1) is 0 Å². The zero-order valence-corrected chi connectivity index (χ0v) is 8.07. The van der Waals surface area contributed by atoms with Gasteiger partial charge in [0.1, 0.15) is 6.04 Å². The van der Waals surface area contributed by atoms with Gasteiger partial charge in [-0.2, -0.15) is 0 Å². The average molecular weight is 186 g/mol. The molecule has 0 aromatic heterocycles. The van der Waals surface area contributed by atoms with E-state index in [0.29, 0.717) is 6.54 Å². The molecule has 0 aromatic rings. The van der Waals surface area contributed by atoms with Crippen LogP contribution in [0.25, 0.3) is 0 Å². The number of carbonyl (C=O) groups is 1. The maximum Gasteiger partial charge on any atom is 0.321 e. The lowest BCUT2D eigenvalue weighted by Crippen LogP contribution is -2.43. The average Bonchev–Trinajstić information content (AvgIpc) is 1.96. The van der Waals surface area contributed by atoms with Gasteiger partial charge in [0.25, 0.3) is 0 Å². The minimum atomic E-state index is -0.916. The summed E-state index contributed by atoms with van der Waals surface area (Å²) >= 11 is 0. The fourth-order valence-corrected chi connectivity index (χ4v) is 1.60. The predicted molar refractivity (Wildman–Crippen MR) is 50.4 cm³/mol. The van der Waals surface area contributed by atoms with Crippen LogP contribution in [0.3, 0.4) is 0 Å². The van der Waals surface area contributed by atoms with E-state index in [1.807, 2.05) is 11.9 Å². The Balaban J connectivity index is 2.15. The van der Waals surface area contributed by atoms with Crippen LogP contribution in [-0.2, 0) is 4.79 Å². The Bertz CT molecular complexity index is 180. The third kappa shape index (κ3) is 3.32. The van der Waals surface area contributed by atoms with Crippen LogP contribution in [0.4, 0.5) is 0 Å². The van der Waals surface area contributed by atoms with Crippen molar-refractivity contribution in [3.05, 3.63) is 0 Å². The largest absolute Gasteiger partial charge is 0.480 e. The third-order valence-corrected chi connectivity index (χ3v) is 2.62. The number of nitrogens with zero attached hydrogens (tertiary/aromatic N) is 1. The molecule has 1 fully saturated rings. The Morgan fingerprint density at radius 2 is 2.31 bits per heavy atom. The number of hydrogen-bond acceptors (Lipinski definition) is 3. The highest BCUT2D eigenvalue weighted by atomic mass is 16.4.